The first-order chi connectivity index (χ1) is 8.65. The van der Waals surface area contributed by atoms with Crippen molar-refractivity contribution < 1.29 is 18.0 Å². The summed E-state index contributed by atoms with van der Waals surface area (Å²) in [5, 5.41) is 5.79. The van der Waals surface area contributed by atoms with E-state index in [0.29, 0.717) is 23.1 Å². The summed E-state index contributed by atoms with van der Waals surface area (Å²) in [4.78, 5) is 8.04. The number of nitrogen functional groups attached to an aromatic ring is 1. The molecule has 0 aromatic carbocycles. The zero-order valence-corrected chi connectivity index (χ0v) is 9.99. The molecular weight excluding hydrogens is 266 g/mol. The third-order valence-corrected chi connectivity index (χ3v) is 2.60. The van der Waals surface area contributed by atoms with Crippen LogP contribution in [0.3, 0.4) is 0 Å². The Labute approximate surface area is 105 Å². The van der Waals surface area contributed by atoms with Gasteiger partial charge < -0.3 is 15.0 Å². The van der Waals surface area contributed by atoms with Crippen molar-refractivity contribution in [3.63, 3.8) is 0 Å². The molecule has 2 heterocycles. The van der Waals surface area contributed by atoms with E-state index in [1.54, 1.807) is 5.38 Å². The maximum absolute atomic E-state index is 11.8. The highest BCUT2D eigenvalue weighted by Crippen LogP contribution is 2.21. The predicted octanol–water partition coefficient (Wildman–Crippen LogP) is 1.60. The molecule has 0 bridgehead atoms. The normalized spacial score (nSPS) is 11.3. The predicted molar refractivity (Wildman–Crippen MR) is 60.3 cm³/mol. The van der Waals surface area contributed by atoms with Crippen molar-refractivity contribution >= 4 is 16.5 Å². The summed E-state index contributed by atoms with van der Waals surface area (Å²) in [5.74, 6) is 0.637. The molecule has 9 heteroatoms. The van der Waals surface area contributed by atoms with Gasteiger partial charge in [-0.15, -0.1) is 11.3 Å². The summed E-state index contributed by atoms with van der Waals surface area (Å²) in [6.07, 6.45) is -2.17. The third-order valence-electron chi connectivity index (χ3n) is 1.92. The number of halogens is 2. The highest BCUT2D eigenvalue weighted by atomic mass is 32.1. The standard InChI is InChI=1S/C9H10F2N4O2S/c10-6(11)3-16-2-1-7-14-8(17-15-7)5-4-18-9(12)13-5/h4,6H,1-3H2,(H2,12,13). The molecule has 2 aromatic heterocycles. The molecule has 2 N–H and O–H groups in total. The fourth-order valence-electron chi connectivity index (χ4n) is 1.18. The number of nitrogens with zero attached hydrogens (tertiary/aromatic N) is 3. The number of alkyl halides is 2. The number of ether oxygens (including phenoxy) is 1. The average Bonchev–Trinajstić information content (AvgIpc) is 2.93. The van der Waals surface area contributed by atoms with E-state index in [-0.39, 0.29) is 12.5 Å². The topological polar surface area (TPSA) is 87.1 Å². The molecule has 0 fully saturated rings. The molecule has 18 heavy (non-hydrogen) atoms. The van der Waals surface area contributed by atoms with Gasteiger partial charge in [-0.1, -0.05) is 5.16 Å². The largest absolute Gasteiger partial charge is 0.375 e. The lowest BCUT2D eigenvalue weighted by Crippen LogP contribution is -2.07. The third kappa shape index (κ3) is 3.44. The van der Waals surface area contributed by atoms with Crippen LogP contribution in [0, 0.1) is 0 Å². The van der Waals surface area contributed by atoms with E-state index in [1.165, 1.54) is 11.3 Å². The molecule has 0 aliphatic rings. The second-order valence-electron chi connectivity index (χ2n) is 3.30. The summed E-state index contributed by atoms with van der Waals surface area (Å²) in [5.41, 5.74) is 5.98. The summed E-state index contributed by atoms with van der Waals surface area (Å²) in [6.45, 7) is -0.476. The lowest BCUT2D eigenvalue weighted by molar-refractivity contribution is 0.0182. The van der Waals surface area contributed by atoms with Gasteiger partial charge in [-0.25, -0.2) is 13.8 Å². The van der Waals surface area contributed by atoms with Gasteiger partial charge in [0.1, 0.15) is 12.3 Å². The minimum Gasteiger partial charge on any atom is -0.375 e. The molecule has 2 rings (SSSR count). The van der Waals surface area contributed by atoms with Gasteiger partial charge >= 0.3 is 0 Å². The van der Waals surface area contributed by atoms with Crippen LogP contribution in [-0.2, 0) is 11.2 Å². The van der Waals surface area contributed by atoms with Gasteiger partial charge in [0.25, 0.3) is 12.3 Å². The smallest absolute Gasteiger partial charge is 0.277 e. The Bertz CT molecular complexity index is 502. The van der Waals surface area contributed by atoms with Gasteiger partial charge in [0, 0.05) is 11.8 Å². The Kier molecular flexibility index (Phi) is 4.15. The number of anilines is 1. The maximum Gasteiger partial charge on any atom is 0.277 e. The number of hydrogen-bond acceptors (Lipinski definition) is 7. The Morgan fingerprint density at radius 1 is 1.44 bits per heavy atom. The zero-order chi connectivity index (χ0) is 13.0. The number of thiazole rings is 1. The minimum atomic E-state index is -2.47. The molecule has 0 atom stereocenters. The molecule has 0 unspecified atom stereocenters. The lowest BCUT2D eigenvalue weighted by atomic mass is 10.4. The molecule has 98 valence electrons. The van der Waals surface area contributed by atoms with Crippen LogP contribution in [0.15, 0.2) is 9.90 Å². The van der Waals surface area contributed by atoms with E-state index in [0.717, 1.165) is 0 Å². The van der Waals surface area contributed by atoms with Crippen LogP contribution in [-0.4, -0.2) is 34.8 Å². The fourth-order valence-corrected chi connectivity index (χ4v) is 1.72. The molecule has 0 aliphatic heterocycles. The van der Waals surface area contributed by atoms with Gasteiger partial charge in [-0.3, -0.25) is 0 Å². The summed E-state index contributed by atoms with van der Waals surface area (Å²) in [6, 6.07) is 0. The van der Waals surface area contributed by atoms with Crippen molar-refractivity contribution in [1.82, 2.24) is 15.1 Å². The molecule has 0 amide bonds. The summed E-state index contributed by atoms with van der Waals surface area (Å²) >= 11 is 1.26. The molecule has 0 saturated heterocycles. The average molecular weight is 276 g/mol. The quantitative estimate of drug-likeness (QED) is 0.806. The summed E-state index contributed by atoms with van der Waals surface area (Å²) in [7, 11) is 0. The Hall–Kier alpha value is -1.61. The van der Waals surface area contributed by atoms with Gasteiger partial charge in [0.2, 0.25) is 0 Å². The van der Waals surface area contributed by atoms with Crippen molar-refractivity contribution in [1.29, 1.82) is 0 Å². The van der Waals surface area contributed by atoms with E-state index < -0.39 is 13.0 Å². The number of aromatic nitrogens is 3. The fraction of sp³-hybridized carbons (Fsp3) is 0.444. The van der Waals surface area contributed by atoms with Crippen LogP contribution in [0.2, 0.25) is 0 Å². The van der Waals surface area contributed by atoms with E-state index in [9.17, 15) is 8.78 Å². The molecular formula is C9H10F2N4O2S. The highest BCUT2D eigenvalue weighted by Gasteiger charge is 2.12. The number of hydrogen-bond donors (Lipinski definition) is 1. The first kappa shape index (κ1) is 12.8. The Morgan fingerprint density at radius 2 is 2.28 bits per heavy atom. The van der Waals surface area contributed by atoms with Crippen LogP contribution in [0.25, 0.3) is 11.6 Å². The van der Waals surface area contributed by atoms with E-state index in [4.69, 9.17) is 15.0 Å². The van der Waals surface area contributed by atoms with Crippen molar-refractivity contribution in [2.24, 2.45) is 0 Å². The van der Waals surface area contributed by atoms with Crippen LogP contribution < -0.4 is 5.73 Å². The van der Waals surface area contributed by atoms with Crippen molar-refractivity contribution in [2.45, 2.75) is 12.8 Å². The molecule has 0 radical (unpaired) electrons. The molecule has 6 nitrogen and oxygen atoms in total. The minimum absolute atomic E-state index is 0.114. The van der Waals surface area contributed by atoms with E-state index in [1.807, 2.05) is 0 Å². The van der Waals surface area contributed by atoms with Crippen LogP contribution >= 0.6 is 11.3 Å². The number of rotatable bonds is 6. The van der Waals surface area contributed by atoms with Crippen molar-refractivity contribution in [2.75, 3.05) is 18.9 Å². The van der Waals surface area contributed by atoms with Gasteiger partial charge in [0.15, 0.2) is 11.0 Å². The van der Waals surface area contributed by atoms with Gasteiger partial charge in [0.05, 0.1) is 6.61 Å². The molecule has 2 aromatic rings. The Morgan fingerprint density at radius 3 is 2.94 bits per heavy atom. The zero-order valence-electron chi connectivity index (χ0n) is 9.18. The van der Waals surface area contributed by atoms with Crippen molar-refractivity contribution in [3.8, 4) is 11.6 Å². The van der Waals surface area contributed by atoms with E-state index >= 15 is 0 Å². The summed E-state index contributed by atoms with van der Waals surface area (Å²) < 4.78 is 33.3. The van der Waals surface area contributed by atoms with Gasteiger partial charge in [-0.2, -0.15) is 4.98 Å². The SMILES string of the molecule is Nc1nc(-c2nc(CCOCC(F)F)no2)cs1. The second-order valence-corrected chi connectivity index (χ2v) is 4.19. The lowest BCUT2D eigenvalue weighted by Gasteiger charge is -1.99. The van der Waals surface area contributed by atoms with Crippen LogP contribution in [0.4, 0.5) is 13.9 Å². The molecule has 0 saturated carbocycles. The maximum atomic E-state index is 11.8. The van der Waals surface area contributed by atoms with Crippen molar-refractivity contribution in [3.05, 3.63) is 11.2 Å². The number of nitrogens with two attached hydrogens (primary N) is 1. The Balaban J connectivity index is 1.86. The van der Waals surface area contributed by atoms with E-state index in [2.05, 4.69) is 15.1 Å². The second kappa shape index (κ2) is 5.83. The highest BCUT2D eigenvalue weighted by molar-refractivity contribution is 7.13. The first-order valence-electron chi connectivity index (χ1n) is 5.05. The van der Waals surface area contributed by atoms with Gasteiger partial charge in [-0.05, 0) is 0 Å². The van der Waals surface area contributed by atoms with Crippen LogP contribution in [0.5, 0.6) is 0 Å². The monoisotopic (exact) mass is 276 g/mol. The van der Waals surface area contributed by atoms with Crippen LogP contribution in [0.1, 0.15) is 5.82 Å². The molecule has 0 spiro atoms. The molecule has 0 aliphatic carbocycles. The first-order valence-corrected chi connectivity index (χ1v) is 5.93.